The van der Waals surface area contributed by atoms with Crippen molar-refractivity contribution in [1.82, 2.24) is 4.31 Å². The fourth-order valence-electron chi connectivity index (χ4n) is 3.33. The Labute approximate surface area is 199 Å². The fourth-order valence-corrected chi connectivity index (χ4v) is 4.77. The summed E-state index contributed by atoms with van der Waals surface area (Å²) >= 11 is 0. The number of esters is 1. The number of rotatable bonds is 6. The van der Waals surface area contributed by atoms with Crippen molar-refractivity contribution in [2.24, 2.45) is 0 Å². The molecule has 3 rings (SSSR count). The predicted molar refractivity (Wildman–Crippen MR) is 125 cm³/mol. The van der Waals surface area contributed by atoms with Gasteiger partial charge < -0.3 is 14.8 Å². The summed E-state index contributed by atoms with van der Waals surface area (Å²) < 4.78 is 51.5. The van der Waals surface area contributed by atoms with Gasteiger partial charge in [0, 0.05) is 18.8 Å². The lowest BCUT2D eigenvalue weighted by Gasteiger charge is -2.26. The van der Waals surface area contributed by atoms with Crippen LogP contribution in [0.25, 0.3) is 0 Å². The minimum atomic E-state index is -3.93. The van der Waals surface area contributed by atoms with E-state index < -0.39 is 39.4 Å². The van der Waals surface area contributed by atoms with E-state index in [-0.39, 0.29) is 36.6 Å². The second kappa shape index (κ2) is 10.2. The number of amides is 1. The Balaban J connectivity index is 1.69. The Morgan fingerprint density at radius 2 is 1.71 bits per heavy atom. The van der Waals surface area contributed by atoms with Crippen molar-refractivity contribution >= 4 is 27.6 Å². The van der Waals surface area contributed by atoms with Crippen LogP contribution < -0.4 is 5.32 Å². The SMILES string of the molecule is CC(OC(=O)c1cc(S(=O)(=O)N2CCOCC2)ccc1F)C(=O)Nc1ccc(C(C)(C)C)cc1. The van der Waals surface area contributed by atoms with E-state index in [4.69, 9.17) is 9.47 Å². The third-order valence-corrected chi connectivity index (χ3v) is 7.33. The average molecular weight is 493 g/mol. The molecule has 1 saturated heterocycles. The summed E-state index contributed by atoms with van der Waals surface area (Å²) in [5.74, 6) is -2.69. The molecule has 1 aliphatic heterocycles. The monoisotopic (exact) mass is 492 g/mol. The van der Waals surface area contributed by atoms with Crippen molar-refractivity contribution in [3.05, 3.63) is 59.4 Å². The number of sulfonamides is 1. The molecular weight excluding hydrogens is 463 g/mol. The van der Waals surface area contributed by atoms with Crippen LogP contribution >= 0.6 is 0 Å². The number of benzene rings is 2. The molecule has 184 valence electrons. The fraction of sp³-hybridized carbons (Fsp3) is 0.417. The van der Waals surface area contributed by atoms with E-state index in [1.54, 1.807) is 12.1 Å². The van der Waals surface area contributed by atoms with Crippen molar-refractivity contribution < 1.29 is 31.9 Å². The molecule has 2 aromatic carbocycles. The van der Waals surface area contributed by atoms with Crippen LogP contribution in [-0.2, 0) is 29.7 Å². The predicted octanol–water partition coefficient (Wildman–Crippen LogP) is 3.33. The molecule has 1 aliphatic rings. The molecule has 1 unspecified atom stereocenters. The number of ether oxygens (including phenoxy) is 2. The minimum absolute atomic E-state index is 0.0424. The van der Waals surface area contributed by atoms with Crippen LogP contribution in [0.5, 0.6) is 0 Å². The second-order valence-electron chi connectivity index (χ2n) is 9.02. The normalized spacial score (nSPS) is 16.0. The van der Waals surface area contributed by atoms with E-state index in [1.165, 1.54) is 11.2 Å². The van der Waals surface area contributed by atoms with Gasteiger partial charge in [-0.3, -0.25) is 4.79 Å². The van der Waals surface area contributed by atoms with Gasteiger partial charge in [0.05, 0.1) is 23.7 Å². The van der Waals surface area contributed by atoms with Gasteiger partial charge in [0.2, 0.25) is 10.0 Å². The summed E-state index contributed by atoms with van der Waals surface area (Å²) in [6.07, 6.45) is -1.24. The summed E-state index contributed by atoms with van der Waals surface area (Å²) in [6.45, 7) is 8.39. The maximum atomic E-state index is 14.4. The Morgan fingerprint density at radius 3 is 2.29 bits per heavy atom. The van der Waals surface area contributed by atoms with Crippen LogP contribution in [0.2, 0.25) is 0 Å². The molecule has 8 nitrogen and oxygen atoms in total. The first-order valence-corrected chi connectivity index (χ1v) is 12.3. The zero-order valence-electron chi connectivity index (χ0n) is 19.6. The highest BCUT2D eigenvalue weighted by Gasteiger charge is 2.29. The average Bonchev–Trinajstić information content (AvgIpc) is 2.79. The Kier molecular flexibility index (Phi) is 7.74. The van der Waals surface area contributed by atoms with Gasteiger partial charge in [-0.05, 0) is 48.2 Å². The minimum Gasteiger partial charge on any atom is -0.449 e. The summed E-state index contributed by atoms with van der Waals surface area (Å²) in [7, 11) is -3.93. The van der Waals surface area contributed by atoms with Gasteiger partial charge >= 0.3 is 5.97 Å². The topological polar surface area (TPSA) is 102 Å². The van der Waals surface area contributed by atoms with Crippen LogP contribution in [0, 0.1) is 5.82 Å². The molecule has 0 saturated carbocycles. The number of morpholine rings is 1. The molecule has 1 fully saturated rings. The number of halogens is 1. The summed E-state index contributed by atoms with van der Waals surface area (Å²) in [5, 5.41) is 2.65. The van der Waals surface area contributed by atoms with E-state index >= 15 is 0 Å². The Bertz CT molecular complexity index is 1150. The summed E-state index contributed by atoms with van der Waals surface area (Å²) in [4.78, 5) is 24.8. The van der Waals surface area contributed by atoms with Crippen LogP contribution in [0.1, 0.15) is 43.6 Å². The molecule has 0 bridgehead atoms. The quantitative estimate of drug-likeness (QED) is 0.621. The van der Waals surface area contributed by atoms with Crippen LogP contribution in [0.3, 0.4) is 0 Å². The van der Waals surface area contributed by atoms with E-state index in [9.17, 15) is 22.4 Å². The van der Waals surface area contributed by atoms with Crippen LogP contribution in [-0.4, -0.2) is 57.0 Å². The number of hydrogen-bond acceptors (Lipinski definition) is 6. The maximum absolute atomic E-state index is 14.4. The third-order valence-electron chi connectivity index (χ3n) is 5.44. The number of nitrogens with one attached hydrogen (secondary N) is 1. The number of anilines is 1. The molecule has 0 radical (unpaired) electrons. The smallest absolute Gasteiger partial charge is 0.341 e. The Morgan fingerprint density at radius 1 is 1.09 bits per heavy atom. The van der Waals surface area contributed by atoms with Crippen molar-refractivity contribution in [1.29, 1.82) is 0 Å². The highest BCUT2D eigenvalue weighted by Crippen LogP contribution is 2.24. The standard InChI is InChI=1S/C24H29FN2O6S/c1-16(22(28)26-18-7-5-17(6-8-18)24(2,3)4)33-23(29)20-15-19(9-10-21(20)25)34(30,31)27-11-13-32-14-12-27/h5-10,15-16H,11-14H2,1-4H3,(H,26,28). The first kappa shape index (κ1) is 25.8. The largest absolute Gasteiger partial charge is 0.449 e. The molecule has 34 heavy (non-hydrogen) atoms. The van der Waals surface area contributed by atoms with E-state index in [0.29, 0.717) is 5.69 Å². The first-order valence-electron chi connectivity index (χ1n) is 10.9. The maximum Gasteiger partial charge on any atom is 0.341 e. The number of hydrogen-bond donors (Lipinski definition) is 1. The summed E-state index contributed by atoms with van der Waals surface area (Å²) in [5.41, 5.74) is 1.00. The van der Waals surface area contributed by atoms with Gasteiger partial charge in [-0.2, -0.15) is 4.31 Å². The van der Waals surface area contributed by atoms with Crippen LogP contribution in [0.15, 0.2) is 47.4 Å². The molecule has 0 spiro atoms. The second-order valence-corrected chi connectivity index (χ2v) is 11.0. The van der Waals surface area contributed by atoms with Crippen molar-refractivity contribution in [3.63, 3.8) is 0 Å². The molecule has 0 aliphatic carbocycles. The van der Waals surface area contributed by atoms with Gasteiger partial charge in [0.15, 0.2) is 6.10 Å². The molecule has 1 heterocycles. The van der Waals surface area contributed by atoms with E-state index in [0.717, 1.165) is 23.8 Å². The number of nitrogens with zero attached hydrogens (tertiary/aromatic N) is 1. The van der Waals surface area contributed by atoms with Gasteiger partial charge in [-0.25, -0.2) is 17.6 Å². The van der Waals surface area contributed by atoms with Crippen molar-refractivity contribution in [2.75, 3.05) is 31.6 Å². The lowest BCUT2D eigenvalue weighted by atomic mass is 9.87. The van der Waals surface area contributed by atoms with Gasteiger partial charge in [0.25, 0.3) is 5.91 Å². The zero-order chi connectivity index (χ0) is 25.1. The highest BCUT2D eigenvalue weighted by molar-refractivity contribution is 7.89. The lowest BCUT2D eigenvalue weighted by Crippen LogP contribution is -2.40. The third kappa shape index (κ3) is 5.99. The Hall–Kier alpha value is -2.82. The molecule has 1 N–H and O–H groups in total. The number of carbonyl (C=O) groups excluding carboxylic acids is 2. The van der Waals surface area contributed by atoms with Gasteiger partial charge in [-0.15, -0.1) is 0 Å². The molecular formula is C24H29FN2O6S. The molecule has 2 aromatic rings. The van der Waals surface area contributed by atoms with Gasteiger partial charge in [0.1, 0.15) is 5.82 Å². The van der Waals surface area contributed by atoms with Crippen molar-refractivity contribution in [3.8, 4) is 0 Å². The molecule has 0 aromatic heterocycles. The van der Waals surface area contributed by atoms with Gasteiger partial charge in [-0.1, -0.05) is 32.9 Å². The van der Waals surface area contributed by atoms with Crippen LogP contribution in [0.4, 0.5) is 10.1 Å². The zero-order valence-corrected chi connectivity index (χ0v) is 20.4. The van der Waals surface area contributed by atoms with E-state index in [2.05, 4.69) is 26.1 Å². The van der Waals surface area contributed by atoms with Crippen molar-refractivity contribution in [2.45, 2.75) is 44.1 Å². The molecule has 1 amide bonds. The lowest BCUT2D eigenvalue weighted by molar-refractivity contribution is -0.123. The first-order chi connectivity index (χ1) is 15.9. The molecule has 1 atom stereocenters. The highest BCUT2D eigenvalue weighted by atomic mass is 32.2. The van der Waals surface area contributed by atoms with E-state index in [1.807, 2.05) is 12.1 Å². The number of carbonyl (C=O) groups is 2. The summed E-state index contributed by atoms with van der Waals surface area (Å²) in [6, 6.07) is 10.2. The molecule has 10 heteroatoms.